The van der Waals surface area contributed by atoms with Crippen LogP contribution in [-0.2, 0) is 24.6 Å². The van der Waals surface area contributed by atoms with Gasteiger partial charge in [0.25, 0.3) is 11.8 Å². The van der Waals surface area contributed by atoms with Crippen molar-refractivity contribution in [3.05, 3.63) is 52.7 Å². The zero-order valence-electron chi connectivity index (χ0n) is 26.6. The third-order valence-electron chi connectivity index (χ3n) is 9.30. The van der Waals surface area contributed by atoms with E-state index in [1.54, 1.807) is 16.7 Å². The minimum absolute atomic E-state index is 0.0201. The molecule has 1 aromatic carbocycles. The van der Waals surface area contributed by atoms with Gasteiger partial charge in [-0.05, 0) is 50.4 Å². The van der Waals surface area contributed by atoms with Crippen molar-refractivity contribution in [1.29, 1.82) is 0 Å². The Morgan fingerprint density at radius 1 is 1.08 bits per heavy atom. The first-order valence-electron chi connectivity index (χ1n) is 15.7. The molecule has 3 N–H and O–H groups in total. The first-order chi connectivity index (χ1) is 22.9. The Morgan fingerprint density at radius 3 is 2.38 bits per heavy atom. The Morgan fingerprint density at radius 2 is 1.77 bits per heavy atom. The SMILES string of the molecule is CSC1(Cn2cc(-c3cnc(C(=O)Nc4ccc(C(=O)N5CCN(C(=O)C6CCNCC6)CC5)c(Cl)c4)n3C)c(C(F)(F)F)n2)CNC1. The summed E-state index contributed by atoms with van der Waals surface area (Å²) in [6.07, 6.45) is 1.41. The number of aromatic nitrogens is 4. The van der Waals surface area contributed by atoms with Gasteiger partial charge in [0.1, 0.15) is 0 Å². The molecule has 5 heterocycles. The predicted octanol–water partition coefficient (Wildman–Crippen LogP) is 3.20. The van der Waals surface area contributed by atoms with Crippen LogP contribution < -0.4 is 16.0 Å². The molecule has 0 saturated carbocycles. The van der Waals surface area contributed by atoms with Gasteiger partial charge in [-0.2, -0.15) is 30.0 Å². The van der Waals surface area contributed by atoms with Crippen molar-refractivity contribution >= 4 is 46.8 Å². The fourth-order valence-electron chi connectivity index (χ4n) is 6.37. The van der Waals surface area contributed by atoms with Crippen LogP contribution >= 0.6 is 23.4 Å². The summed E-state index contributed by atoms with van der Waals surface area (Å²) in [7, 11) is 1.46. The van der Waals surface area contributed by atoms with Crippen molar-refractivity contribution in [2.75, 3.05) is 63.9 Å². The van der Waals surface area contributed by atoms with E-state index in [9.17, 15) is 27.6 Å². The Labute approximate surface area is 284 Å². The van der Waals surface area contributed by atoms with Crippen molar-refractivity contribution in [3.8, 4) is 11.3 Å². The quantitative estimate of drug-likeness (QED) is 0.326. The van der Waals surface area contributed by atoms with E-state index in [-0.39, 0.29) is 55.8 Å². The molecular weight excluding hydrogens is 671 g/mol. The number of benzene rings is 1. The van der Waals surface area contributed by atoms with Crippen LogP contribution in [-0.4, -0.2) is 110 Å². The molecule has 0 aliphatic carbocycles. The van der Waals surface area contributed by atoms with Crippen LogP contribution in [0.4, 0.5) is 18.9 Å². The third-order valence-corrected chi connectivity index (χ3v) is 10.9. The molecule has 0 unspecified atom stereocenters. The summed E-state index contributed by atoms with van der Waals surface area (Å²) in [5, 5.41) is 13.1. The number of carbonyl (C=O) groups excluding carboxylic acids is 3. The van der Waals surface area contributed by atoms with Crippen LogP contribution in [0.25, 0.3) is 11.3 Å². The van der Waals surface area contributed by atoms with Gasteiger partial charge >= 0.3 is 6.18 Å². The monoisotopic (exact) mass is 707 g/mol. The van der Waals surface area contributed by atoms with E-state index in [2.05, 4.69) is 26.0 Å². The number of hydrogen-bond acceptors (Lipinski definition) is 8. The Hall–Kier alpha value is -3.60. The molecule has 258 valence electrons. The van der Waals surface area contributed by atoms with Gasteiger partial charge in [0.05, 0.1) is 39.3 Å². The van der Waals surface area contributed by atoms with Gasteiger partial charge in [0.2, 0.25) is 5.91 Å². The van der Waals surface area contributed by atoms with Gasteiger partial charge in [-0.25, -0.2) is 4.98 Å². The van der Waals surface area contributed by atoms with Crippen LogP contribution in [0.15, 0.2) is 30.6 Å². The molecule has 3 aromatic rings. The van der Waals surface area contributed by atoms with Crippen molar-refractivity contribution in [2.24, 2.45) is 13.0 Å². The number of rotatable bonds is 8. The number of nitrogens with one attached hydrogen (secondary N) is 3. The second-order valence-corrected chi connectivity index (χ2v) is 14.1. The lowest BCUT2D eigenvalue weighted by atomic mass is 9.96. The average molecular weight is 708 g/mol. The van der Waals surface area contributed by atoms with Crippen LogP contribution in [0.1, 0.15) is 39.5 Å². The molecule has 3 aliphatic heterocycles. The molecule has 2 aromatic heterocycles. The molecule has 3 saturated heterocycles. The van der Waals surface area contributed by atoms with Gasteiger partial charge in [-0.1, -0.05) is 11.6 Å². The van der Waals surface area contributed by atoms with Crippen LogP contribution in [0.3, 0.4) is 0 Å². The number of alkyl halides is 3. The largest absolute Gasteiger partial charge is 0.435 e. The number of amides is 3. The molecule has 3 amide bonds. The van der Waals surface area contributed by atoms with E-state index in [0.717, 1.165) is 25.9 Å². The summed E-state index contributed by atoms with van der Waals surface area (Å²) in [4.78, 5) is 47.0. The number of hydrogen-bond donors (Lipinski definition) is 3. The molecule has 48 heavy (non-hydrogen) atoms. The summed E-state index contributed by atoms with van der Waals surface area (Å²) >= 11 is 8.07. The van der Waals surface area contributed by atoms with Crippen LogP contribution in [0.2, 0.25) is 5.02 Å². The highest BCUT2D eigenvalue weighted by molar-refractivity contribution is 8.00. The molecule has 12 nitrogen and oxygen atoms in total. The number of nitrogens with zero attached hydrogens (tertiary/aromatic N) is 6. The number of anilines is 1. The maximum atomic E-state index is 14.0. The Kier molecular flexibility index (Phi) is 9.80. The van der Waals surface area contributed by atoms with Crippen LogP contribution in [0, 0.1) is 5.92 Å². The highest BCUT2D eigenvalue weighted by atomic mass is 35.5. The molecule has 3 aliphatic rings. The first kappa shape index (κ1) is 34.3. The number of piperazine rings is 1. The summed E-state index contributed by atoms with van der Waals surface area (Å²) in [5.41, 5.74) is -0.612. The number of halogens is 4. The molecule has 3 fully saturated rings. The molecule has 17 heteroatoms. The minimum atomic E-state index is -4.72. The lowest BCUT2D eigenvalue weighted by Gasteiger charge is -2.41. The van der Waals surface area contributed by atoms with E-state index >= 15 is 0 Å². The van der Waals surface area contributed by atoms with E-state index in [4.69, 9.17) is 11.6 Å². The first-order valence-corrected chi connectivity index (χ1v) is 17.3. The van der Waals surface area contributed by atoms with Crippen molar-refractivity contribution < 1.29 is 27.6 Å². The van der Waals surface area contributed by atoms with Crippen molar-refractivity contribution in [3.63, 3.8) is 0 Å². The highest BCUT2D eigenvalue weighted by Crippen LogP contribution is 2.38. The van der Waals surface area contributed by atoms with Gasteiger partial charge in [-0.3, -0.25) is 19.1 Å². The minimum Gasteiger partial charge on any atom is -0.339 e. The highest BCUT2D eigenvalue weighted by Gasteiger charge is 2.41. The maximum Gasteiger partial charge on any atom is 0.435 e. The second-order valence-electron chi connectivity index (χ2n) is 12.4. The third kappa shape index (κ3) is 6.93. The van der Waals surface area contributed by atoms with Crippen molar-refractivity contribution in [1.82, 2.24) is 39.8 Å². The summed E-state index contributed by atoms with van der Waals surface area (Å²) in [6.45, 7) is 4.96. The Balaban J connectivity index is 1.11. The lowest BCUT2D eigenvalue weighted by molar-refractivity contribution is -0.141. The number of thioether (sulfide) groups is 1. The molecule has 6 rings (SSSR count). The normalized spacial score (nSPS) is 18.5. The predicted molar refractivity (Wildman–Crippen MR) is 176 cm³/mol. The van der Waals surface area contributed by atoms with Gasteiger partial charge in [0.15, 0.2) is 11.5 Å². The average Bonchev–Trinajstić information content (AvgIpc) is 3.66. The maximum absolute atomic E-state index is 14.0. The topological polar surface area (TPSA) is 129 Å². The second kappa shape index (κ2) is 13.7. The zero-order chi connectivity index (χ0) is 34.2. The van der Waals surface area contributed by atoms with Gasteiger partial charge in [-0.15, -0.1) is 0 Å². The Bertz CT molecular complexity index is 1690. The number of piperidine rings is 1. The van der Waals surface area contributed by atoms with Gasteiger partial charge in [0, 0.05) is 64.1 Å². The van der Waals surface area contributed by atoms with Gasteiger partial charge < -0.3 is 30.3 Å². The number of carbonyl (C=O) groups is 3. The fourth-order valence-corrected chi connectivity index (χ4v) is 7.39. The lowest BCUT2D eigenvalue weighted by Crippen LogP contribution is -2.59. The van der Waals surface area contributed by atoms with E-state index in [1.807, 2.05) is 11.2 Å². The molecule has 0 radical (unpaired) electrons. The fraction of sp³-hybridized carbons (Fsp3) is 0.516. The molecule has 0 bridgehead atoms. The van der Waals surface area contributed by atoms with Crippen molar-refractivity contribution in [2.45, 2.75) is 30.3 Å². The number of imidazole rings is 1. The summed E-state index contributed by atoms with van der Waals surface area (Å²) in [6, 6.07) is 4.48. The standard InChI is InChI=1S/C31H37ClF3N9O3S/c1-41-24(22-15-44(40-25(22)31(33,34)35)18-30(48-2)16-37-17-30)14-38-26(41)27(45)39-20-3-4-21(23(32)13-20)29(47)43-11-9-42(10-12-43)28(46)19-5-7-36-8-6-19/h3-4,13-15,19,36-37H,5-12,16-18H2,1-2H3,(H,39,45). The van der Waals surface area contributed by atoms with E-state index in [0.29, 0.717) is 45.8 Å². The van der Waals surface area contributed by atoms with E-state index in [1.165, 1.54) is 46.9 Å². The summed E-state index contributed by atoms with van der Waals surface area (Å²) in [5.74, 6) is -0.910. The van der Waals surface area contributed by atoms with Crippen LogP contribution in [0.5, 0.6) is 0 Å². The molecular formula is C31H37ClF3N9O3S. The van der Waals surface area contributed by atoms with E-state index < -0.39 is 17.8 Å². The molecule has 0 atom stereocenters. The summed E-state index contributed by atoms with van der Waals surface area (Å²) < 4.78 is 44.5. The smallest absolute Gasteiger partial charge is 0.339 e. The molecule has 0 spiro atoms. The zero-order valence-corrected chi connectivity index (χ0v) is 28.1.